The van der Waals surface area contributed by atoms with E-state index in [0.717, 1.165) is 0 Å². The SMILES string of the molecule is CC(O)CN(C)C(=O)C(C)Oc1ccccc1C#N. The number of benzene rings is 1. The maximum absolute atomic E-state index is 12.0. The fraction of sp³-hybridized carbons (Fsp3) is 0.429. The van der Waals surface area contributed by atoms with E-state index in [1.165, 1.54) is 4.90 Å². The first-order chi connectivity index (χ1) is 8.95. The second kappa shape index (κ2) is 6.76. The number of nitrogens with zero attached hydrogens (tertiary/aromatic N) is 2. The number of likely N-dealkylation sites (N-methyl/N-ethyl adjacent to an activating group) is 1. The summed E-state index contributed by atoms with van der Waals surface area (Å²) in [6, 6.07) is 8.77. The molecule has 5 nitrogen and oxygen atoms in total. The first-order valence-electron chi connectivity index (χ1n) is 6.04. The summed E-state index contributed by atoms with van der Waals surface area (Å²) in [5.41, 5.74) is 0.389. The van der Waals surface area contributed by atoms with Crippen molar-refractivity contribution in [3.63, 3.8) is 0 Å². The van der Waals surface area contributed by atoms with Crippen molar-refractivity contribution in [3.05, 3.63) is 29.8 Å². The summed E-state index contributed by atoms with van der Waals surface area (Å²) in [7, 11) is 1.60. The number of para-hydroxylation sites is 1. The summed E-state index contributed by atoms with van der Waals surface area (Å²) in [5, 5.41) is 18.2. The van der Waals surface area contributed by atoms with Gasteiger partial charge in [0.25, 0.3) is 5.91 Å². The number of aliphatic hydroxyl groups is 1. The highest BCUT2D eigenvalue weighted by atomic mass is 16.5. The number of carbonyl (C=O) groups is 1. The summed E-state index contributed by atoms with van der Waals surface area (Å²) in [6.07, 6.45) is -1.30. The molecule has 0 aromatic heterocycles. The largest absolute Gasteiger partial charge is 0.480 e. The average Bonchev–Trinajstić information content (AvgIpc) is 2.37. The van der Waals surface area contributed by atoms with Crippen molar-refractivity contribution in [2.45, 2.75) is 26.1 Å². The Morgan fingerprint density at radius 3 is 2.68 bits per heavy atom. The molecule has 1 aromatic rings. The molecule has 1 rings (SSSR count). The molecule has 5 heteroatoms. The first-order valence-corrected chi connectivity index (χ1v) is 6.04. The molecule has 1 N–H and O–H groups in total. The molecule has 0 fully saturated rings. The normalized spacial score (nSPS) is 13.2. The Hall–Kier alpha value is -2.06. The van der Waals surface area contributed by atoms with Crippen molar-refractivity contribution < 1.29 is 14.6 Å². The lowest BCUT2D eigenvalue weighted by Crippen LogP contribution is -2.41. The molecule has 0 aliphatic carbocycles. The molecule has 0 aliphatic rings. The summed E-state index contributed by atoms with van der Waals surface area (Å²) < 4.78 is 5.51. The van der Waals surface area contributed by atoms with Gasteiger partial charge in [0.05, 0.1) is 11.7 Å². The van der Waals surface area contributed by atoms with Crippen molar-refractivity contribution in [2.24, 2.45) is 0 Å². The number of aliphatic hydroxyl groups excluding tert-OH is 1. The lowest BCUT2D eigenvalue weighted by Gasteiger charge is -2.23. The monoisotopic (exact) mass is 262 g/mol. The van der Waals surface area contributed by atoms with Crippen LogP contribution in [0.3, 0.4) is 0 Å². The summed E-state index contributed by atoms with van der Waals surface area (Å²) >= 11 is 0. The Kier molecular flexibility index (Phi) is 5.34. The Bertz CT molecular complexity index is 480. The van der Waals surface area contributed by atoms with E-state index in [4.69, 9.17) is 10.00 Å². The van der Waals surface area contributed by atoms with Gasteiger partial charge in [-0.05, 0) is 26.0 Å². The molecule has 0 heterocycles. The van der Waals surface area contributed by atoms with Crippen LogP contribution in [0.1, 0.15) is 19.4 Å². The summed E-state index contributed by atoms with van der Waals surface area (Å²) in [6.45, 7) is 3.47. The van der Waals surface area contributed by atoms with Crippen molar-refractivity contribution in [2.75, 3.05) is 13.6 Å². The molecule has 2 atom stereocenters. The number of ether oxygens (including phenoxy) is 1. The number of nitriles is 1. The quantitative estimate of drug-likeness (QED) is 0.864. The third kappa shape index (κ3) is 4.27. The van der Waals surface area contributed by atoms with Crippen molar-refractivity contribution in [1.29, 1.82) is 5.26 Å². The van der Waals surface area contributed by atoms with Gasteiger partial charge in [0.15, 0.2) is 6.10 Å². The highest BCUT2D eigenvalue weighted by Gasteiger charge is 2.20. The first kappa shape index (κ1) is 15.0. The van der Waals surface area contributed by atoms with E-state index in [0.29, 0.717) is 11.3 Å². The predicted molar refractivity (Wildman–Crippen MR) is 70.6 cm³/mol. The molecule has 0 saturated heterocycles. The number of hydrogen-bond donors (Lipinski definition) is 1. The van der Waals surface area contributed by atoms with E-state index in [1.54, 1.807) is 45.2 Å². The van der Waals surface area contributed by atoms with E-state index >= 15 is 0 Å². The van der Waals surface area contributed by atoms with Gasteiger partial charge >= 0.3 is 0 Å². The summed E-state index contributed by atoms with van der Waals surface area (Å²) in [4.78, 5) is 13.4. The topological polar surface area (TPSA) is 73.6 Å². The van der Waals surface area contributed by atoms with Gasteiger partial charge < -0.3 is 14.7 Å². The van der Waals surface area contributed by atoms with Gasteiger partial charge in [0.1, 0.15) is 11.8 Å². The zero-order valence-corrected chi connectivity index (χ0v) is 11.3. The number of carbonyl (C=O) groups excluding carboxylic acids is 1. The molecule has 1 aromatic carbocycles. The van der Waals surface area contributed by atoms with Gasteiger partial charge in [-0.1, -0.05) is 12.1 Å². The Balaban J connectivity index is 2.72. The van der Waals surface area contributed by atoms with Crippen LogP contribution in [0.25, 0.3) is 0 Å². The zero-order valence-electron chi connectivity index (χ0n) is 11.3. The maximum atomic E-state index is 12.0. The van der Waals surface area contributed by atoms with Crippen molar-refractivity contribution in [1.82, 2.24) is 4.90 Å². The van der Waals surface area contributed by atoms with Crippen LogP contribution in [0.15, 0.2) is 24.3 Å². The minimum absolute atomic E-state index is 0.242. The third-order valence-corrected chi connectivity index (χ3v) is 2.57. The van der Waals surface area contributed by atoms with Gasteiger partial charge in [-0.2, -0.15) is 5.26 Å². The van der Waals surface area contributed by atoms with Crippen LogP contribution in [0.5, 0.6) is 5.75 Å². The minimum Gasteiger partial charge on any atom is -0.480 e. The van der Waals surface area contributed by atoms with Gasteiger partial charge in [0, 0.05) is 13.6 Å². The smallest absolute Gasteiger partial charge is 0.263 e. The van der Waals surface area contributed by atoms with Gasteiger partial charge in [-0.3, -0.25) is 4.79 Å². The van der Waals surface area contributed by atoms with Crippen LogP contribution in [-0.4, -0.2) is 41.7 Å². The Labute approximate surface area is 113 Å². The number of hydrogen-bond acceptors (Lipinski definition) is 4. The van der Waals surface area contributed by atoms with Crippen molar-refractivity contribution >= 4 is 5.91 Å². The van der Waals surface area contributed by atoms with Crippen LogP contribution >= 0.6 is 0 Å². The van der Waals surface area contributed by atoms with E-state index in [9.17, 15) is 9.90 Å². The fourth-order valence-corrected chi connectivity index (χ4v) is 1.70. The molecule has 0 spiro atoms. The lowest BCUT2D eigenvalue weighted by molar-refractivity contribution is -0.137. The van der Waals surface area contributed by atoms with Gasteiger partial charge in [-0.25, -0.2) is 0 Å². The standard InChI is InChI=1S/C14H18N2O3/c1-10(17)9-16(3)14(18)11(2)19-13-7-5-4-6-12(13)8-15/h4-7,10-11,17H,9H2,1-3H3. The van der Waals surface area contributed by atoms with Crippen LogP contribution in [0, 0.1) is 11.3 Å². The average molecular weight is 262 g/mol. The predicted octanol–water partition coefficient (Wildman–Crippen LogP) is 1.16. The molecule has 2 unspecified atom stereocenters. The van der Waals surface area contributed by atoms with E-state index in [2.05, 4.69) is 0 Å². The second-order valence-electron chi connectivity index (χ2n) is 4.44. The molecule has 0 bridgehead atoms. The Morgan fingerprint density at radius 2 is 2.11 bits per heavy atom. The molecular formula is C14H18N2O3. The van der Waals surface area contributed by atoms with Gasteiger partial charge in [0.2, 0.25) is 0 Å². The van der Waals surface area contributed by atoms with Crippen molar-refractivity contribution in [3.8, 4) is 11.8 Å². The number of amides is 1. The van der Waals surface area contributed by atoms with Crippen LogP contribution < -0.4 is 4.74 Å². The van der Waals surface area contributed by atoms with E-state index in [1.807, 2.05) is 6.07 Å². The molecule has 0 saturated carbocycles. The molecule has 19 heavy (non-hydrogen) atoms. The zero-order chi connectivity index (χ0) is 14.4. The molecule has 0 radical (unpaired) electrons. The van der Waals surface area contributed by atoms with Crippen LogP contribution in [-0.2, 0) is 4.79 Å². The Morgan fingerprint density at radius 1 is 1.47 bits per heavy atom. The fourth-order valence-electron chi connectivity index (χ4n) is 1.70. The molecule has 102 valence electrons. The van der Waals surface area contributed by atoms with E-state index in [-0.39, 0.29) is 12.5 Å². The van der Waals surface area contributed by atoms with E-state index < -0.39 is 12.2 Å². The third-order valence-electron chi connectivity index (χ3n) is 2.57. The van der Waals surface area contributed by atoms with Crippen LogP contribution in [0.2, 0.25) is 0 Å². The lowest BCUT2D eigenvalue weighted by atomic mass is 10.2. The highest BCUT2D eigenvalue weighted by molar-refractivity contribution is 5.80. The maximum Gasteiger partial charge on any atom is 0.263 e. The van der Waals surface area contributed by atoms with Crippen LogP contribution in [0.4, 0.5) is 0 Å². The number of rotatable bonds is 5. The minimum atomic E-state index is -0.710. The summed E-state index contributed by atoms with van der Waals surface area (Å²) in [5.74, 6) is 0.143. The van der Waals surface area contributed by atoms with Gasteiger partial charge in [-0.15, -0.1) is 0 Å². The second-order valence-corrected chi connectivity index (χ2v) is 4.44. The molecule has 0 aliphatic heterocycles. The molecule has 1 amide bonds. The highest BCUT2D eigenvalue weighted by Crippen LogP contribution is 2.18. The molecular weight excluding hydrogens is 244 g/mol.